The maximum Gasteiger partial charge on any atom is 0.123 e. The normalized spacial score (nSPS) is 16.8. The van der Waals surface area contributed by atoms with E-state index in [-0.39, 0.29) is 0 Å². The largest absolute Gasteiger partial charge is 0.496 e. The van der Waals surface area contributed by atoms with Crippen LogP contribution in [0.25, 0.3) is 0 Å². The van der Waals surface area contributed by atoms with E-state index < -0.39 is 0 Å². The summed E-state index contributed by atoms with van der Waals surface area (Å²) in [7, 11) is 3.91. The molecule has 0 heterocycles. The van der Waals surface area contributed by atoms with Crippen LogP contribution >= 0.6 is 0 Å². The van der Waals surface area contributed by atoms with Gasteiger partial charge in [0.25, 0.3) is 0 Å². The molecule has 0 amide bonds. The highest BCUT2D eigenvalue weighted by atomic mass is 16.5. The Bertz CT molecular complexity index is 400. The molecular weight excluding hydrogens is 236 g/mol. The van der Waals surface area contributed by atoms with Crippen LogP contribution < -0.4 is 10.5 Å². The molecule has 0 radical (unpaired) electrons. The number of rotatable bonds is 5. The van der Waals surface area contributed by atoms with Crippen LogP contribution in [-0.4, -0.2) is 25.6 Å². The van der Waals surface area contributed by atoms with Gasteiger partial charge in [0.2, 0.25) is 0 Å². The Morgan fingerprint density at radius 1 is 1.26 bits per heavy atom. The summed E-state index contributed by atoms with van der Waals surface area (Å²) >= 11 is 0. The Labute approximate surface area is 116 Å². The molecular formula is C16H26N2O. The molecule has 1 aromatic carbocycles. The maximum absolute atomic E-state index is 5.87. The summed E-state index contributed by atoms with van der Waals surface area (Å²) < 4.78 is 5.41. The Balaban J connectivity index is 1.93. The molecule has 0 aliphatic heterocycles. The van der Waals surface area contributed by atoms with Crippen molar-refractivity contribution in [2.45, 2.75) is 38.6 Å². The summed E-state index contributed by atoms with van der Waals surface area (Å²) in [6.07, 6.45) is 7.00. The van der Waals surface area contributed by atoms with Crippen molar-refractivity contribution in [3.05, 3.63) is 23.8 Å². The van der Waals surface area contributed by atoms with Crippen molar-refractivity contribution in [1.82, 2.24) is 4.90 Å². The molecule has 0 saturated heterocycles. The molecule has 2 rings (SSSR count). The van der Waals surface area contributed by atoms with Crippen molar-refractivity contribution >= 4 is 5.69 Å². The predicted molar refractivity (Wildman–Crippen MR) is 80.3 cm³/mol. The molecule has 0 atom stereocenters. The second-order valence-corrected chi connectivity index (χ2v) is 5.77. The topological polar surface area (TPSA) is 38.5 Å². The molecule has 1 saturated carbocycles. The van der Waals surface area contributed by atoms with E-state index in [9.17, 15) is 0 Å². The zero-order chi connectivity index (χ0) is 13.7. The lowest BCUT2D eigenvalue weighted by Gasteiger charge is -2.27. The van der Waals surface area contributed by atoms with Gasteiger partial charge in [-0.15, -0.1) is 0 Å². The van der Waals surface area contributed by atoms with E-state index in [0.29, 0.717) is 0 Å². The van der Waals surface area contributed by atoms with Crippen molar-refractivity contribution in [2.24, 2.45) is 5.92 Å². The zero-order valence-corrected chi connectivity index (χ0v) is 12.2. The molecule has 3 heteroatoms. The fourth-order valence-corrected chi connectivity index (χ4v) is 3.09. The minimum absolute atomic E-state index is 0.807. The third kappa shape index (κ3) is 4.13. The molecule has 1 aliphatic rings. The van der Waals surface area contributed by atoms with Crippen LogP contribution in [0.1, 0.15) is 37.7 Å². The summed E-state index contributed by atoms with van der Waals surface area (Å²) in [6, 6.07) is 5.87. The average molecular weight is 262 g/mol. The Hall–Kier alpha value is -1.22. The van der Waals surface area contributed by atoms with Gasteiger partial charge in [0.05, 0.1) is 7.11 Å². The molecule has 0 aromatic heterocycles. The second-order valence-electron chi connectivity index (χ2n) is 5.77. The van der Waals surface area contributed by atoms with Crippen LogP contribution in [-0.2, 0) is 6.54 Å². The molecule has 0 bridgehead atoms. The summed E-state index contributed by atoms with van der Waals surface area (Å²) in [5, 5.41) is 0. The number of ether oxygens (including phenoxy) is 1. The Morgan fingerprint density at radius 2 is 2.00 bits per heavy atom. The van der Waals surface area contributed by atoms with Gasteiger partial charge < -0.3 is 15.4 Å². The number of hydrogen-bond acceptors (Lipinski definition) is 3. The van der Waals surface area contributed by atoms with Gasteiger partial charge in [-0.05, 0) is 44.0 Å². The third-order valence-corrected chi connectivity index (χ3v) is 4.04. The highest BCUT2D eigenvalue weighted by molar-refractivity contribution is 5.47. The Morgan fingerprint density at radius 3 is 2.68 bits per heavy atom. The molecule has 1 aliphatic carbocycles. The molecule has 2 N–H and O–H groups in total. The van der Waals surface area contributed by atoms with Gasteiger partial charge in [-0.3, -0.25) is 0 Å². The van der Waals surface area contributed by atoms with Crippen molar-refractivity contribution in [3.8, 4) is 5.75 Å². The standard InChI is InChI=1S/C16H26N2O/c1-18(11-13-6-4-3-5-7-13)12-14-10-15(17)8-9-16(14)19-2/h8-10,13H,3-7,11-12,17H2,1-2H3. The summed E-state index contributed by atoms with van der Waals surface area (Å²) in [5.41, 5.74) is 7.86. The molecule has 19 heavy (non-hydrogen) atoms. The SMILES string of the molecule is COc1ccc(N)cc1CN(C)CC1CCCCC1. The minimum Gasteiger partial charge on any atom is -0.496 e. The molecule has 1 aromatic rings. The fraction of sp³-hybridized carbons (Fsp3) is 0.625. The highest BCUT2D eigenvalue weighted by Gasteiger charge is 2.16. The van der Waals surface area contributed by atoms with E-state index in [0.717, 1.165) is 23.9 Å². The summed E-state index contributed by atoms with van der Waals surface area (Å²) in [5.74, 6) is 1.80. The number of anilines is 1. The maximum atomic E-state index is 5.87. The van der Waals surface area contributed by atoms with E-state index in [1.165, 1.54) is 44.2 Å². The van der Waals surface area contributed by atoms with Crippen LogP contribution in [0.15, 0.2) is 18.2 Å². The average Bonchev–Trinajstić information content (AvgIpc) is 2.40. The zero-order valence-electron chi connectivity index (χ0n) is 12.2. The lowest BCUT2D eigenvalue weighted by atomic mass is 9.89. The number of methoxy groups -OCH3 is 1. The number of benzene rings is 1. The van der Waals surface area contributed by atoms with E-state index in [2.05, 4.69) is 11.9 Å². The van der Waals surface area contributed by atoms with Crippen LogP contribution in [0.3, 0.4) is 0 Å². The van der Waals surface area contributed by atoms with E-state index in [1.807, 2.05) is 18.2 Å². The summed E-state index contributed by atoms with van der Waals surface area (Å²) in [6.45, 7) is 2.09. The van der Waals surface area contributed by atoms with Gasteiger partial charge in [0.15, 0.2) is 0 Å². The second kappa shape index (κ2) is 6.80. The quantitative estimate of drug-likeness (QED) is 0.828. The highest BCUT2D eigenvalue weighted by Crippen LogP contribution is 2.26. The monoisotopic (exact) mass is 262 g/mol. The smallest absolute Gasteiger partial charge is 0.123 e. The first-order chi connectivity index (χ1) is 9.19. The molecule has 0 unspecified atom stereocenters. The van der Waals surface area contributed by atoms with Crippen LogP contribution in [0.2, 0.25) is 0 Å². The lowest BCUT2D eigenvalue weighted by Crippen LogP contribution is -2.26. The van der Waals surface area contributed by atoms with Gasteiger partial charge in [-0.1, -0.05) is 19.3 Å². The fourth-order valence-electron chi connectivity index (χ4n) is 3.09. The molecule has 0 spiro atoms. The third-order valence-electron chi connectivity index (χ3n) is 4.04. The van der Waals surface area contributed by atoms with Gasteiger partial charge >= 0.3 is 0 Å². The molecule has 1 fully saturated rings. The first-order valence-electron chi connectivity index (χ1n) is 7.30. The van der Waals surface area contributed by atoms with Crippen molar-refractivity contribution in [1.29, 1.82) is 0 Å². The van der Waals surface area contributed by atoms with E-state index in [1.54, 1.807) is 7.11 Å². The molecule has 3 nitrogen and oxygen atoms in total. The number of nitrogens with two attached hydrogens (primary N) is 1. The van der Waals surface area contributed by atoms with Gasteiger partial charge in [-0.25, -0.2) is 0 Å². The number of hydrogen-bond donors (Lipinski definition) is 1. The van der Waals surface area contributed by atoms with Crippen LogP contribution in [0.4, 0.5) is 5.69 Å². The van der Waals surface area contributed by atoms with Crippen LogP contribution in [0.5, 0.6) is 5.75 Å². The van der Waals surface area contributed by atoms with Gasteiger partial charge in [-0.2, -0.15) is 0 Å². The van der Waals surface area contributed by atoms with Gasteiger partial charge in [0, 0.05) is 24.3 Å². The van der Waals surface area contributed by atoms with Crippen molar-refractivity contribution < 1.29 is 4.74 Å². The first kappa shape index (κ1) is 14.2. The number of nitrogen functional groups attached to an aromatic ring is 1. The minimum atomic E-state index is 0.807. The van der Waals surface area contributed by atoms with Crippen molar-refractivity contribution in [3.63, 3.8) is 0 Å². The van der Waals surface area contributed by atoms with E-state index in [4.69, 9.17) is 10.5 Å². The first-order valence-corrected chi connectivity index (χ1v) is 7.30. The van der Waals surface area contributed by atoms with E-state index >= 15 is 0 Å². The predicted octanol–water partition coefficient (Wildman–Crippen LogP) is 3.29. The van der Waals surface area contributed by atoms with Crippen LogP contribution in [0, 0.1) is 5.92 Å². The van der Waals surface area contributed by atoms with Gasteiger partial charge in [0.1, 0.15) is 5.75 Å². The summed E-state index contributed by atoms with van der Waals surface area (Å²) in [4.78, 5) is 2.40. The Kier molecular flexibility index (Phi) is 5.08. The van der Waals surface area contributed by atoms with Crippen molar-refractivity contribution in [2.75, 3.05) is 26.4 Å². The number of nitrogens with zero attached hydrogens (tertiary/aromatic N) is 1. The molecule has 106 valence electrons. The lowest BCUT2D eigenvalue weighted by molar-refractivity contribution is 0.226.